The van der Waals surface area contributed by atoms with E-state index in [9.17, 15) is 31.2 Å². The van der Waals surface area contributed by atoms with Gasteiger partial charge in [0.1, 0.15) is 5.75 Å². The predicted molar refractivity (Wildman–Crippen MR) is 149 cm³/mol. The second-order valence-electron chi connectivity index (χ2n) is 9.40. The summed E-state index contributed by atoms with van der Waals surface area (Å²) < 4.78 is 85.5. The Morgan fingerprint density at radius 3 is 1.89 bits per heavy atom. The molecule has 1 N–H and O–H groups in total. The largest absolute Gasteiger partial charge is 0.448 e. The molecule has 1 aromatic carbocycles. The molecule has 2 aliphatic rings. The second-order valence-corrected chi connectivity index (χ2v) is 14.4. The van der Waals surface area contributed by atoms with Gasteiger partial charge in [-0.1, -0.05) is 12.8 Å². The average molecular weight is 870 g/mol. The van der Waals surface area contributed by atoms with Gasteiger partial charge in [-0.15, -0.1) is 0 Å². The highest BCUT2D eigenvalue weighted by Crippen LogP contribution is 2.48. The van der Waals surface area contributed by atoms with Crippen LogP contribution >= 0.6 is 67.8 Å². The van der Waals surface area contributed by atoms with Gasteiger partial charge >= 0.3 is 18.1 Å². The van der Waals surface area contributed by atoms with Gasteiger partial charge in [0.2, 0.25) is 5.60 Å². The molecule has 202 valence electrons. The van der Waals surface area contributed by atoms with Crippen LogP contribution < -0.4 is 4.74 Å². The molecular formula is C22H24F3I3O7S. The molecule has 0 bridgehead atoms. The molecule has 1 aromatic rings. The number of esters is 2. The Balaban J connectivity index is 1.80. The van der Waals surface area contributed by atoms with Crippen molar-refractivity contribution < 1.29 is 45.2 Å². The van der Waals surface area contributed by atoms with Crippen LogP contribution in [0.2, 0.25) is 0 Å². The Hall–Kier alpha value is 0.0500. The molecule has 0 aliphatic heterocycles. The summed E-state index contributed by atoms with van der Waals surface area (Å²) in [5, 5.41) is 0. The Labute approximate surface area is 248 Å². The lowest BCUT2D eigenvalue weighted by Crippen LogP contribution is -2.53. The predicted octanol–water partition coefficient (Wildman–Crippen LogP) is 5.99. The van der Waals surface area contributed by atoms with E-state index in [1.54, 1.807) is 0 Å². The first kappa shape index (κ1) is 30.6. The molecule has 3 rings (SSSR count). The van der Waals surface area contributed by atoms with Crippen LogP contribution in [0.5, 0.6) is 5.75 Å². The summed E-state index contributed by atoms with van der Waals surface area (Å²) in [5.41, 5.74) is -3.39. The summed E-state index contributed by atoms with van der Waals surface area (Å²) in [6.45, 7) is 0.435. The lowest BCUT2D eigenvalue weighted by molar-refractivity contribution is -0.259. The number of carbonyl (C=O) groups is 2. The summed E-state index contributed by atoms with van der Waals surface area (Å²) >= 11 is 6.35. The highest BCUT2D eigenvalue weighted by Gasteiger charge is 2.58. The van der Waals surface area contributed by atoms with E-state index in [-0.39, 0.29) is 12.3 Å². The Morgan fingerprint density at radius 2 is 1.44 bits per heavy atom. The minimum Gasteiger partial charge on any atom is -0.448 e. The van der Waals surface area contributed by atoms with Crippen LogP contribution in [0.1, 0.15) is 45.4 Å². The van der Waals surface area contributed by atoms with E-state index >= 15 is 0 Å². The van der Waals surface area contributed by atoms with Crippen LogP contribution in [0, 0.1) is 34.4 Å². The van der Waals surface area contributed by atoms with Gasteiger partial charge in [-0.2, -0.15) is 21.6 Å². The summed E-state index contributed by atoms with van der Waals surface area (Å²) in [6.07, 6.45) is -2.15. The third-order valence-electron chi connectivity index (χ3n) is 6.84. The molecule has 0 spiro atoms. The van der Waals surface area contributed by atoms with Gasteiger partial charge in [-0.05, 0) is 124 Å². The van der Waals surface area contributed by atoms with Crippen molar-refractivity contribution in [1.29, 1.82) is 0 Å². The SMILES string of the molecule is CC(CS(=O)(=O)O)(OC(=O)C1CCCC2C(C(=O)Oc3c(I)cc(I)cc3I)CCCC12)C(F)(F)F. The van der Waals surface area contributed by atoms with Crippen molar-refractivity contribution in [3.05, 3.63) is 22.8 Å². The van der Waals surface area contributed by atoms with Crippen LogP contribution in [-0.2, 0) is 24.4 Å². The monoisotopic (exact) mass is 870 g/mol. The van der Waals surface area contributed by atoms with E-state index in [1.807, 2.05) is 12.1 Å². The molecule has 0 heterocycles. The first-order valence-corrected chi connectivity index (χ1v) is 16.0. The van der Waals surface area contributed by atoms with Crippen LogP contribution in [-0.4, -0.2) is 42.4 Å². The molecular weight excluding hydrogens is 846 g/mol. The van der Waals surface area contributed by atoms with Gasteiger partial charge < -0.3 is 9.47 Å². The third kappa shape index (κ3) is 7.16. The molecule has 2 fully saturated rings. The summed E-state index contributed by atoms with van der Waals surface area (Å²) in [6, 6.07) is 3.76. The number of hydrogen-bond donors (Lipinski definition) is 1. The molecule has 5 unspecified atom stereocenters. The van der Waals surface area contributed by atoms with Gasteiger partial charge in [0.15, 0.2) is 5.75 Å². The van der Waals surface area contributed by atoms with Crippen molar-refractivity contribution in [1.82, 2.24) is 0 Å². The fourth-order valence-corrected chi connectivity index (χ4v) is 9.93. The minimum atomic E-state index is -5.22. The van der Waals surface area contributed by atoms with Crippen molar-refractivity contribution in [3.63, 3.8) is 0 Å². The summed E-state index contributed by atoms with van der Waals surface area (Å²) in [5.74, 6) is -5.02. The number of ether oxygens (including phenoxy) is 2. The quantitative estimate of drug-likeness (QED) is 0.162. The van der Waals surface area contributed by atoms with Gasteiger partial charge in [-0.3, -0.25) is 14.1 Å². The van der Waals surface area contributed by atoms with E-state index in [0.717, 1.165) is 10.7 Å². The lowest BCUT2D eigenvalue weighted by atomic mass is 9.61. The van der Waals surface area contributed by atoms with E-state index in [0.29, 0.717) is 44.8 Å². The fourth-order valence-electron chi connectivity index (χ4n) is 5.21. The van der Waals surface area contributed by atoms with Gasteiger partial charge in [0, 0.05) is 3.57 Å². The standard InChI is InChI=1S/C22H24F3I3O7S/c1-21(22(23,24)25,10-36(31,32)33)35-20(30)15-7-3-4-12-13(15)5-2-6-14(12)19(29)34-18-16(27)8-11(26)9-17(18)28/h8-9,12-15H,2-7,10H2,1H3,(H,31,32,33). The highest BCUT2D eigenvalue weighted by molar-refractivity contribution is 14.1. The van der Waals surface area contributed by atoms with E-state index in [2.05, 4.69) is 67.8 Å². The van der Waals surface area contributed by atoms with E-state index in [4.69, 9.17) is 14.0 Å². The van der Waals surface area contributed by atoms with Gasteiger partial charge in [0.05, 0.1) is 19.0 Å². The van der Waals surface area contributed by atoms with Crippen molar-refractivity contribution in [2.24, 2.45) is 23.7 Å². The number of benzene rings is 1. The number of halogens is 6. The zero-order valence-electron chi connectivity index (χ0n) is 19.0. The normalized spacial score (nSPS) is 26.4. The van der Waals surface area contributed by atoms with Crippen molar-refractivity contribution in [3.8, 4) is 5.75 Å². The van der Waals surface area contributed by atoms with E-state index in [1.165, 1.54) is 0 Å². The topological polar surface area (TPSA) is 107 Å². The molecule has 7 nitrogen and oxygen atoms in total. The minimum absolute atomic E-state index is 0.268. The zero-order chi connectivity index (χ0) is 27.1. The number of fused-ring (bicyclic) bond motifs is 1. The first-order valence-electron chi connectivity index (χ1n) is 11.1. The Morgan fingerprint density at radius 1 is 0.972 bits per heavy atom. The first-order chi connectivity index (χ1) is 16.5. The molecule has 5 atom stereocenters. The lowest BCUT2D eigenvalue weighted by Gasteiger charge is -2.44. The molecule has 2 saturated carbocycles. The maximum atomic E-state index is 13.6. The number of rotatable bonds is 6. The fraction of sp³-hybridized carbons (Fsp3) is 0.636. The van der Waals surface area contributed by atoms with Gasteiger partial charge in [0.25, 0.3) is 10.1 Å². The van der Waals surface area contributed by atoms with Crippen molar-refractivity contribution in [2.45, 2.75) is 57.2 Å². The van der Waals surface area contributed by atoms with Crippen molar-refractivity contribution in [2.75, 3.05) is 5.75 Å². The maximum Gasteiger partial charge on any atom is 0.429 e. The third-order valence-corrected chi connectivity index (χ3v) is 9.98. The van der Waals surface area contributed by atoms with Crippen LogP contribution in [0.25, 0.3) is 0 Å². The molecule has 0 amide bonds. The molecule has 0 aromatic heterocycles. The second kappa shape index (κ2) is 11.7. The summed E-state index contributed by atoms with van der Waals surface area (Å²) in [4.78, 5) is 26.2. The van der Waals surface area contributed by atoms with Crippen LogP contribution in [0.15, 0.2) is 12.1 Å². The molecule has 14 heteroatoms. The highest BCUT2D eigenvalue weighted by atomic mass is 127. The number of carbonyl (C=O) groups excluding carboxylic acids is 2. The average Bonchev–Trinajstić information content (AvgIpc) is 2.73. The zero-order valence-corrected chi connectivity index (χ0v) is 26.3. The number of hydrogen-bond acceptors (Lipinski definition) is 6. The molecule has 0 saturated heterocycles. The van der Waals surface area contributed by atoms with Crippen LogP contribution in [0.4, 0.5) is 13.2 Å². The maximum absolute atomic E-state index is 13.6. The smallest absolute Gasteiger partial charge is 0.429 e. The number of alkyl halides is 3. The Bertz CT molecular complexity index is 1110. The summed E-state index contributed by atoms with van der Waals surface area (Å²) in [7, 11) is -5.08. The molecule has 36 heavy (non-hydrogen) atoms. The van der Waals surface area contributed by atoms with Gasteiger partial charge in [-0.25, -0.2) is 0 Å². The molecule has 2 aliphatic carbocycles. The molecule has 0 radical (unpaired) electrons. The van der Waals surface area contributed by atoms with Crippen molar-refractivity contribution >= 4 is 89.8 Å². The van der Waals surface area contributed by atoms with Crippen LogP contribution in [0.3, 0.4) is 0 Å². The Kier molecular flexibility index (Phi) is 9.90. The van der Waals surface area contributed by atoms with E-state index < -0.39 is 57.3 Å².